The fourth-order valence-corrected chi connectivity index (χ4v) is 1.81. The molecule has 84 valence electrons. The van der Waals surface area contributed by atoms with Crippen LogP contribution in [0.3, 0.4) is 0 Å². The first-order valence-electron chi connectivity index (χ1n) is 5.54. The first-order valence-corrected chi connectivity index (χ1v) is 5.54. The van der Waals surface area contributed by atoms with Crippen LogP contribution in [0.4, 0.5) is 5.69 Å². The zero-order chi connectivity index (χ0) is 11.4. The van der Waals surface area contributed by atoms with E-state index in [2.05, 4.69) is 5.32 Å². The molecule has 0 spiro atoms. The number of para-hydroxylation sites is 2. The SMILES string of the molecule is O=C1CCCCC1=CNc1ccccc1O. The number of carbonyl (C=O) groups excluding carboxylic acids is 1. The summed E-state index contributed by atoms with van der Waals surface area (Å²) in [6.45, 7) is 0. The summed E-state index contributed by atoms with van der Waals surface area (Å²) >= 11 is 0. The molecule has 0 bridgehead atoms. The molecule has 0 amide bonds. The Labute approximate surface area is 94.8 Å². The van der Waals surface area contributed by atoms with Crippen molar-refractivity contribution in [1.29, 1.82) is 0 Å². The molecule has 1 fully saturated rings. The Bertz CT molecular complexity index is 424. The number of hydrogen-bond acceptors (Lipinski definition) is 3. The molecule has 1 aromatic carbocycles. The molecule has 1 saturated carbocycles. The Hall–Kier alpha value is -1.77. The van der Waals surface area contributed by atoms with Gasteiger partial charge in [0.15, 0.2) is 5.78 Å². The number of hydrogen-bond donors (Lipinski definition) is 2. The van der Waals surface area contributed by atoms with E-state index in [1.165, 1.54) is 0 Å². The van der Waals surface area contributed by atoms with Gasteiger partial charge in [0, 0.05) is 18.2 Å². The summed E-state index contributed by atoms with van der Waals surface area (Å²) in [5, 5.41) is 12.5. The van der Waals surface area contributed by atoms with E-state index >= 15 is 0 Å². The third-order valence-electron chi connectivity index (χ3n) is 2.76. The van der Waals surface area contributed by atoms with Gasteiger partial charge in [-0.25, -0.2) is 0 Å². The number of anilines is 1. The molecular weight excluding hydrogens is 202 g/mol. The van der Waals surface area contributed by atoms with E-state index in [9.17, 15) is 9.90 Å². The predicted molar refractivity (Wildman–Crippen MR) is 63.3 cm³/mol. The average molecular weight is 217 g/mol. The number of aromatic hydroxyl groups is 1. The molecule has 1 aliphatic rings. The van der Waals surface area contributed by atoms with Gasteiger partial charge >= 0.3 is 0 Å². The summed E-state index contributed by atoms with van der Waals surface area (Å²) < 4.78 is 0. The first kappa shape index (κ1) is 10.7. The van der Waals surface area contributed by atoms with Gasteiger partial charge in [-0.1, -0.05) is 12.1 Å². The van der Waals surface area contributed by atoms with Crippen LogP contribution in [0, 0.1) is 0 Å². The molecule has 0 heterocycles. The standard InChI is InChI=1S/C13H15NO2/c15-12-7-3-1-5-10(12)9-14-11-6-2-4-8-13(11)16/h2,4,6,8-9,14,16H,1,3,5,7H2. The number of nitrogens with one attached hydrogen (secondary N) is 1. The maximum atomic E-state index is 11.5. The summed E-state index contributed by atoms with van der Waals surface area (Å²) in [7, 11) is 0. The van der Waals surface area contributed by atoms with Crippen LogP contribution in [0.25, 0.3) is 0 Å². The van der Waals surface area contributed by atoms with Crippen LogP contribution < -0.4 is 5.32 Å². The van der Waals surface area contributed by atoms with Crippen LogP contribution in [0.1, 0.15) is 25.7 Å². The normalized spacial score (nSPS) is 18.8. The van der Waals surface area contributed by atoms with E-state index in [0.29, 0.717) is 12.1 Å². The van der Waals surface area contributed by atoms with Crippen molar-refractivity contribution in [2.75, 3.05) is 5.32 Å². The third kappa shape index (κ3) is 2.42. The van der Waals surface area contributed by atoms with Crippen LogP contribution in [0.2, 0.25) is 0 Å². The van der Waals surface area contributed by atoms with Crippen LogP contribution >= 0.6 is 0 Å². The third-order valence-corrected chi connectivity index (χ3v) is 2.76. The van der Waals surface area contributed by atoms with Crippen molar-refractivity contribution in [2.24, 2.45) is 0 Å². The smallest absolute Gasteiger partial charge is 0.160 e. The first-order chi connectivity index (χ1) is 7.77. The summed E-state index contributed by atoms with van der Waals surface area (Å²) in [6.07, 6.45) is 5.26. The zero-order valence-corrected chi connectivity index (χ0v) is 9.07. The lowest BCUT2D eigenvalue weighted by Crippen LogP contribution is -2.09. The summed E-state index contributed by atoms with van der Waals surface area (Å²) in [6, 6.07) is 6.99. The highest BCUT2D eigenvalue weighted by atomic mass is 16.3. The number of Topliss-reactive ketones (excluding diaryl/α,β-unsaturated/α-hetero) is 1. The van der Waals surface area contributed by atoms with Gasteiger partial charge in [-0.3, -0.25) is 4.79 Å². The van der Waals surface area contributed by atoms with Crippen molar-refractivity contribution in [3.63, 3.8) is 0 Å². The van der Waals surface area contributed by atoms with Crippen LogP contribution in [0.5, 0.6) is 5.75 Å². The van der Waals surface area contributed by atoms with Crippen LogP contribution in [0.15, 0.2) is 36.0 Å². The fraction of sp³-hybridized carbons (Fsp3) is 0.308. The van der Waals surface area contributed by atoms with Gasteiger partial charge in [0.05, 0.1) is 5.69 Å². The average Bonchev–Trinajstić information content (AvgIpc) is 2.30. The second kappa shape index (κ2) is 4.84. The molecule has 3 nitrogen and oxygen atoms in total. The van der Waals surface area contributed by atoms with Crippen molar-refractivity contribution in [3.8, 4) is 5.75 Å². The van der Waals surface area contributed by atoms with Gasteiger partial charge in [0.1, 0.15) is 5.75 Å². The Morgan fingerprint density at radius 2 is 1.94 bits per heavy atom. The molecule has 0 radical (unpaired) electrons. The lowest BCUT2D eigenvalue weighted by atomic mass is 9.94. The van der Waals surface area contributed by atoms with E-state index in [1.54, 1.807) is 24.4 Å². The number of allylic oxidation sites excluding steroid dienone is 1. The van der Waals surface area contributed by atoms with Gasteiger partial charge in [-0.05, 0) is 31.4 Å². The van der Waals surface area contributed by atoms with Gasteiger partial charge in [-0.2, -0.15) is 0 Å². The molecular formula is C13H15NO2. The zero-order valence-electron chi connectivity index (χ0n) is 9.07. The van der Waals surface area contributed by atoms with E-state index in [-0.39, 0.29) is 11.5 Å². The molecule has 1 aliphatic carbocycles. The maximum absolute atomic E-state index is 11.5. The van der Waals surface area contributed by atoms with Gasteiger partial charge in [-0.15, -0.1) is 0 Å². The van der Waals surface area contributed by atoms with Crippen LogP contribution in [-0.4, -0.2) is 10.9 Å². The Morgan fingerprint density at radius 1 is 1.19 bits per heavy atom. The topological polar surface area (TPSA) is 49.3 Å². The minimum absolute atomic E-state index is 0.197. The highest BCUT2D eigenvalue weighted by molar-refractivity contribution is 5.96. The second-order valence-corrected chi connectivity index (χ2v) is 3.96. The highest BCUT2D eigenvalue weighted by Crippen LogP contribution is 2.24. The van der Waals surface area contributed by atoms with Gasteiger partial charge in [0.25, 0.3) is 0 Å². The predicted octanol–water partition coefficient (Wildman–Crippen LogP) is 2.83. The molecule has 2 N–H and O–H groups in total. The summed E-state index contributed by atoms with van der Waals surface area (Å²) in [4.78, 5) is 11.5. The molecule has 0 aromatic heterocycles. The minimum Gasteiger partial charge on any atom is -0.506 e. The van der Waals surface area contributed by atoms with Gasteiger partial charge < -0.3 is 10.4 Å². The van der Waals surface area contributed by atoms with Gasteiger partial charge in [0.2, 0.25) is 0 Å². The quantitative estimate of drug-likeness (QED) is 0.591. The molecule has 3 heteroatoms. The number of phenols is 1. The second-order valence-electron chi connectivity index (χ2n) is 3.96. The molecule has 2 rings (SSSR count). The number of ketones is 1. The Morgan fingerprint density at radius 3 is 2.69 bits per heavy atom. The lowest BCUT2D eigenvalue weighted by molar-refractivity contribution is -0.116. The van der Waals surface area contributed by atoms with Crippen molar-refractivity contribution < 1.29 is 9.90 Å². The minimum atomic E-state index is 0.197. The molecule has 0 aliphatic heterocycles. The van der Waals surface area contributed by atoms with Crippen LogP contribution in [-0.2, 0) is 4.79 Å². The monoisotopic (exact) mass is 217 g/mol. The molecule has 0 atom stereocenters. The molecule has 1 aromatic rings. The maximum Gasteiger partial charge on any atom is 0.160 e. The number of rotatable bonds is 2. The van der Waals surface area contributed by atoms with Crippen molar-refractivity contribution in [2.45, 2.75) is 25.7 Å². The van der Waals surface area contributed by atoms with E-state index in [1.807, 2.05) is 6.07 Å². The lowest BCUT2D eigenvalue weighted by Gasteiger charge is -2.13. The van der Waals surface area contributed by atoms with E-state index in [0.717, 1.165) is 24.8 Å². The van der Waals surface area contributed by atoms with Crippen molar-refractivity contribution in [3.05, 3.63) is 36.0 Å². The highest BCUT2D eigenvalue weighted by Gasteiger charge is 2.14. The number of phenolic OH excluding ortho intramolecular Hbond substituents is 1. The fourth-order valence-electron chi connectivity index (χ4n) is 1.81. The van der Waals surface area contributed by atoms with Crippen molar-refractivity contribution in [1.82, 2.24) is 0 Å². The Balaban J connectivity index is 2.08. The molecule has 16 heavy (non-hydrogen) atoms. The molecule has 0 unspecified atom stereocenters. The van der Waals surface area contributed by atoms with E-state index in [4.69, 9.17) is 0 Å². The summed E-state index contributed by atoms with van der Waals surface area (Å²) in [5.74, 6) is 0.414. The number of benzene rings is 1. The van der Waals surface area contributed by atoms with Crippen molar-refractivity contribution >= 4 is 11.5 Å². The Kier molecular flexibility index (Phi) is 3.25. The molecule has 0 saturated heterocycles. The largest absolute Gasteiger partial charge is 0.506 e. The number of carbonyl (C=O) groups is 1. The summed E-state index contributed by atoms with van der Waals surface area (Å²) in [5.41, 5.74) is 1.46. The van der Waals surface area contributed by atoms with E-state index < -0.39 is 0 Å².